The van der Waals surface area contributed by atoms with Gasteiger partial charge in [0.1, 0.15) is 0 Å². The smallest absolute Gasteiger partial charge is 0.255 e. The predicted molar refractivity (Wildman–Crippen MR) is 129 cm³/mol. The summed E-state index contributed by atoms with van der Waals surface area (Å²) in [5.74, 6) is -0.154. The zero-order valence-corrected chi connectivity index (χ0v) is 19.5. The highest BCUT2D eigenvalue weighted by atomic mass is 32.1. The maximum absolute atomic E-state index is 12.9. The monoisotopic (exact) mass is 462 g/mol. The average molecular weight is 463 g/mol. The normalized spacial score (nSPS) is 14.2. The van der Waals surface area contributed by atoms with E-state index in [2.05, 4.69) is 10.3 Å². The minimum Gasteiger partial charge on any atom is -0.339 e. The van der Waals surface area contributed by atoms with E-state index in [1.165, 1.54) is 11.3 Å². The van der Waals surface area contributed by atoms with Crippen LogP contribution in [0.2, 0.25) is 0 Å². The van der Waals surface area contributed by atoms with E-state index < -0.39 is 0 Å². The van der Waals surface area contributed by atoms with Gasteiger partial charge in [0.25, 0.3) is 5.91 Å². The Balaban J connectivity index is 1.39. The molecule has 0 unspecified atom stereocenters. The van der Waals surface area contributed by atoms with Gasteiger partial charge in [0, 0.05) is 36.6 Å². The van der Waals surface area contributed by atoms with Gasteiger partial charge in [0.2, 0.25) is 11.8 Å². The Morgan fingerprint density at radius 3 is 2.70 bits per heavy atom. The highest BCUT2D eigenvalue weighted by Crippen LogP contribution is 2.27. The summed E-state index contributed by atoms with van der Waals surface area (Å²) in [6.07, 6.45) is 1.57. The van der Waals surface area contributed by atoms with Gasteiger partial charge in [-0.3, -0.25) is 19.3 Å². The summed E-state index contributed by atoms with van der Waals surface area (Å²) in [5, 5.41) is 5.42. The van der Waals surface area contributed by atoms with Crippen LogP contribution in [0.4, 0.5) is 10.8 Å². The summed E-state index contributed by atoms with van der Waals surface area (Å²) in [6, 6.07) is 16.4. The van der Waals surface area contributed by atoms with Gasteiger partial charge < -0.3 is 10.2 Å². The van der Waals surface area contributed by atoms with Gasteiger partial charge in [-0.15, -0.1) is 11.3 Å². The molecule has 1 saturated heterocycles. The second-order valence-electron chi connectivity index (χ2n) is 8.07. The van der Waals surface area contributed by atoms with Crippen LogP contribution in [-0.4, -0.2) is 41.2 Å². The first kappa shape index (κ1) is 22.7. The van der Waals surface area contributed by atoms with Gasteiger partial charge in [-0.2, -0.15) is 0 Å². The molecule has 0 radical (unpaired) electrons. The van der Waals surface area contributed by atoms with E-state index in [0.717, 1.165) is 12.0 Å². The molecule has 0 aliphatic carbocycles. The Bertz CT molecular complexity index is 1160. The van der Waals surface area contributed by atoms with E-state index in [0.29, 0.717) is 35.0 Å². The minimum absolute atomic E-state index is 0.0641. The zero-order chi connectivity index (χ0) is 23.4. The number of thiazole rings is 1. The van der Waals surface area contributed by atoms with Gasteiger partial charge in [0.15, 0.2) is 5.13 Å². The van der Waals surface area contributed by atoms with Crippen LogP contribution in [0.5, 0.6) is 0 Å². The maximum atomic E-state index is 12.9. The number of hydrogen-bond donors (Lipinski definition) is 1. The van der Waals surface area contributed by atoms with Crippen molar-refractivity contribution < 1.29 is 14.4 Å². The largest absolute Gasteiger partial charge is 0.339 e. The summed E-state index contributed by atoms with van der Waals surface area (Å²) < 4.78 is 0. The quantitative estimate of drug-likeness (QED) is 0.568. The fourth-order valence-electron chi connectivity index (χ4n) is 3.74. The molecule has 33 heavy (non-hydrogen) atoms. The molecule has 7 nitrogen and oxygen atoms in total. The van der Waals surface area contributed by atoms with E-state index in [-0.39, 0.29) is 30.2 Å². The topological polar surface area (TPSA) is 82.6 Å². The lowest BCUT2D eigenvalue weighted by Gasteiger charge is -2.25. The molecule has 1 atom stereocenters. The minimum atomic E-state index is -0.190. The molecular formula is C25H26N4O3S. The lowest BCUT2D eigenvalue weighted by Crippen LogP contribution is -2.31. The molecule has 170 valence electrons. The molecule has 0 spiro atoms. The zero-order valence-electron chi connectivity index (χ0n) is 18.7. The molecule has 1 fully saturated rings. The number of nitrogens with one attached hydrogen (secondary N) is 1. The van der Waals surface area contributed by atoms with Crippen molar-refractivity contribution in [2.45, 2.75) is 32.2 Å². The molecule has 1 aliphatic rings. The SMILES string of the molecule is C[C@H](c1cccc(NC(=O)c2ccccc2)c1)N(C)C(=O)Cc1csc(N2CCCC2=O)n1. The summed E-state index contributed by atoms with van der Waals surface area (Å²) in [6.45, 7) is 2.64. The molecule has 8 heteroatoms. The number of hydrogen-bond acceptors (Lipinski definition) is 5. The van der Waals surface area contributed by atoms with Crippen molar-refractivity contribution >= 4 is 39.9 Å². The number of likely N-dealkylation sites (N-methyl/N-ethyl adjacent to an activating group) is 1. The first-order valence-corrected chi connectivity index (χ1v) is 11.8. The molecule has 4 rings (SSSR count). The standard InChI is InChI=1S/C25H26N4O3S/c1-17(19-10-6-11-20(14-19)26-24(32)18-8-4-3-5-9-18)28(2)23(31)15-21-16-33-25(27-21)29-13-7-12-22(29)30/h3-6,8-11,14,16-17H,7,12-13,15H2,1-2H3,(H,26,32)/t17-/m1/s1. The molecule has 1 aromatic heterocycles. The number of benzene rings is 2. The van der Waals surface area contributed by atoms with Crippen molar-refractivity contribution in [1.82, 2.24) is 9.88 Å². The Labute approximate surface area is 197 Å². The Kier molecular flexibility index (Phi) is 6.84. The van der Waals surface area contributed by atoms with Gasteiger partial charge in [-0.25, -0.2) is 4.98 Å². The first-order chi connectivity index (χ1) is 15.9. The molecular weight excluding hydrogens is 436 g/mol. The highest BCUT2D eigenvalue weighted by molar-refractivity contribution is 7.14. The second-order valence-corrected chi connectivity index (χ2v) is 8.91. The van der Waals surface area contributed by atoms with E-state index >= 15 is 0 Å². The predicted octanol–water partition coefficient (Wildman–Crippen LogP) is 4.28. The van der Waals surface area contributed by atoms with Crippen LogP contribution in [0.3, 0.4) is 0 Å². The van der Waals surface area contributed by atoms with Crippen LogP contribution in [0, 0.1) is 0 Å². The Hall–Kier alpha value is -3.52. The summed E-state index contributed by atoms with van der Waals surface area (Å²) >= 11 is 1.40. The molecule has 0 bridgehead atoms. The number of carbonyl (C=O) groups excluding carboxylic acids is 3. The molecule has 0 saturated carbocycles. The van der Waals surface area contributed by atoms with Crippen molar-refractivity contribution in [3.05, 3.63) is 76.8 Å². The fraction of sp³-hybridized carbons (Fsp3) is 0.280. The maximum Gasteiger partial charge on any atom is 0.255 e. The number of carbonyl (C=O) groups is 3. The average Bonchev–Trinajstić information content (AvgIpc) is 3.47. The first-order valence-electron chi connectivity index (χ1n) is 10.9. The fourth-order valence-corrected chi connectivity index (χ4v) is 4.61. The van der Waals surface area contributed by atoms with Crippen LogP contribution in [0.25, 0.3) is 0 Å². The van der Waals surface area contributed by atoms with Crippen LogP contribution < -0.4 is 10.2 Å². The molecule has 2 aromatic carbocycles. The molecule has 3 aromatic rings. The van der Waals surface area contributed by atoms with Gasteiger partial charge >= 0.3 is 0 Å². The third-order valence-corrected chi connectivity index (χ3v) is 6.73. The van der Waals surface area contributed by atoms with Crippen LogP contribution in [0.1, 0.15) is 47.4 Å². The number of anilines is 2. The highest BCUT2D eigenvalue weighted by Gasteiger charge is 2.25. The van der Waals surface area contributed by atoms with Crippen molar-refractivity contribution in [1.29, 1.82) is 0 Å². The summed E-state index contributed by atoms with van der Waals surface area (Å²) in [5.41, 5.74) is 2.84. The Morgan fingerprint density at radius 1 is 1.18 bits per heavy atom. The third kappa shape index (κ3) is 5.28. The van der Waals surface area contributed by atoms with E-state index in [4.69, 9.17) is 0 Å². The van der Waals surface area contributed by atoms with Crippen molar-refractivity contribution in [2.75, 3.05) is 23.8 Å². The molecule has 1 N–H and O–H groups in total. The van der Waals surface area contributed by atoms with E-state index in [1.807, 2.05) is 54.8 Å². The van der Waals surface area contributed by atoms with Crippen LogP contribution in [0.15, 0.2) is 60.0 Å². The number of rotatable bonds is 7. The summed E-state index contributed by atoms with van der Waals surface area (Å²) in [7, 11) is 1.76. The summed E-state index contributed by atoms with van der Waals surface area (Å²) in [4.78, 5) is 45.2. The molecule has 2 heterocycles. The van der Waals surface area contributed by atoms with Crippen molar-refractivity contribution in [3.8, 4) is 0 Å². The van der Waals surface area contributed by atoms with Crippen molar-refractivity contribution in [3.63, 3.8) is 0 Å². The van der Waals surface area contributed by atoms with E-state index in [9.17, 15) is 14.4 Å². The second kappa shape index (κ2) is 9.95. The number of amides is 3. The number of nitrogens with zero attached hydrogens (tertiary/aromatic N) is 3. The molecule has 3 amide bonds. The lowest BCUT2D eigenvalue weighted by atomic mass is 10.1. The van der Waals surface area contributed by atoms with Crippen LogP contribution in [-0.2, 0) is 16.0 Å². The lowest BCUT2D eigenvalue weighted by molar-refractivity contribution is -0.131. The Morgan fingerprint density at radius 2 is 1.97 bits per heavy atom. The van der Waals surface area contributed by atoms with Crippen molar-refractivity contribution in [2.24, 2.45) is 0 Å². The van der Waals surface area contributed by atoms with E-state index in [1.54, 1.807) is 29.0 Å². The van der Waals surface area contributed by atoms with Gasteiger partial charge in [0.05, 0.1) is 18.2 Å². The van der Waals surface area contributed by atoms with Crippen LogP contribution >= 0.6 is 11.3 Å². The molecule has 1 aliphatic heterocycles. The number of aromatic nitrogens is 1. The van der Waals surface area contributed by atoms with Gasteiger partial charge in [-0.1, -0.05) is 30.3 Å². The van der Waals surface area contributed by atoms with Gasteiger partial charge in [-0.05, 0) is 43.2 Å². The third-order valence-electron chi connectivity index (χ3n) is 5.81.